The molecule has 0 aromatic carbocycles. The van der Waals surface area contributed by atoms with E-state index in [0.717, 1.165) is 18.5 Å². The summed E-state index contributed by atoms with van der Waals surface area (Å²) in [7, 11) is 0. The molecule has 90 valence electrons. The first-order valence-corrected chi connectivity index (χ1v) is 4.47. The lowest BCUT2D eigenvalue weighted by Gasteiger charge is -2.06. The molecule has 0 aliphatic rings. The van der Waals surface area contributed by atoms with E-state index < -0.39 is 11.7 Å². The summed E-state index contributed by atoms with van der Waals surface area (Å²) in [5, 5.41) is 6.95. The fourth-order valence-corrected chi connectivity index (χ4v) is 1.03. The summed E-state index contributed by atoms with van der Waals surface area (Å²) in [5.74, 6) is 0.267. The molecule has 2 rings (SSSR count). The van der Waals surface area contributed by atoms with Gasteiger partial charge in [0.1, 0.15) is 0 Å². The van der Waals surface area contributed by atoms with Crippen LogP contribution in [-0.4, -0.2) is 15.2 Å². The number of rotatable bonds is 3. The van der Waals surface area contributed by atoms with E-state index in [1.165, 1.54) is 0 Å². The molecule has 0 saturated heterocycles. The third-order valence-corrected chi connectivity index (χ3v) is 1.81. The topological polar surface area (TPSA) is 61.0 Å². The molecule has 2 aromatic heterocycles. The molecule has 0 unspecified atom stereocenters. The van der Waals surface area contributed by atoms with Crippen LogP contribution in [0.5, 0.6) is 5.88 Å². The quantitative estimate of drug-likeness (QED) is 0.828. The van der Waals surface area contributed by atoms with E-state index in [0.29, 0.717) is 6.20 Å². The van der Waals surface area contributed by atoms with Crippen LogP contribution in [0.1, 0.15) is 11.5 Å². The van der Waals surface area contributed by atoms with Crippen LogP contribution in [0.3, 0.4) is 0 Å². The standard InChI is InChI=1S/C9H6F3N3O2/c10-9(11,12)6-1-2-7(13-3-6)16-4-8-15-14-5-17-8/h1-3,5H,4H2. The van der Waals surface area contributed by atoms with Crippen molar-refractivity contribution in [2.45, 2.75) is 12.8 Å². The Kier molecular flexibility index (Phi) is 2.94. The van der Waals surface area contributed by atoms with E-state index in [2.05, 4.69) is 15.2 Å². The summed E-state index contributed by atoms with van der Waals surface area (Å²) in [6, 6.07) is 2.01. The second-order valence-electron chi connectivity index (χ2n) is 3.00. The number of aromatic nitrogens is 3. The minimum atomic E-state index is -4.40. The van der Waals surface area contributed by atoms with Crippen LogP contribution in [-0.2, 0) is 12.8 Å². The molecule has 0 fully saturated rings. The Balaban J connectivity index is 1.99. The van der Waals surface area contributed by atoms with Crippen molar-refractivity contribution >= 4 is 0 Å². The Hall–Kier alpha value is -2.12. The van der Waals surface area contributed by atoms with E-state index >= 15 is 0 Å². The predicted octanol–water partition coefficient (Wildman–Crippen LogP) is 2.06. The van der Waals surface area contributed by atoms with Crippen LogP contribution < -0.4 is 4.74 Å². The van der Waals surface area contributed by atoms with Gasteiger partial charge in [-0.2, -0.15) is 13.2 Å². The molecule has 17 heavy (non-hydrogen) atoms. The van der Waals surface area contributed by atoms with Gasteiger partial charge in [0.15, 0.2) is 6.61 Å². The van der Waals surface area contributed by atoms with Crippen LogP contribution in [0.25, 0.3) is 0 Å². The van der Waals surface area contributed by atoms with Crippen LogP contribution >= 0.6 is 0 Å². The first kappa shape index (κ1) is 11.4. The predicted molar refractivity (Wildman–Crippen MR) is 47.9 cm³/mol. The lowest BCUT2D eigenvalue weighted by molar-refractivity contribution is -0.137. The van der Waals surface area contributed by atoms with Gasteiger partial charge in [-0.1, -0.05) is 0 Å². The van der Waals surface area contributed by atoms with Gasteiger partial charge >= 0.3 is 6.18 Å². The van der Waals surface area contributed by atoms with Gasteiger partial charge in [-0.15, -0.1) is 10.2 Å². The van der Waals surface area contributed by atoms with Gasteiger partial charge in [0.25, 0.3) is 5.89 Å². The van der Waals surface area contributed by atoms with Crippen molar-refractivity contribution in [1.29, 1.82) is 0 Å². The SMILES string of the molecule is FC(F)(F)c1ccc(OCc2nnco2)nc1. The Morgan fingerprint density at radius 1 is 1.29 bits per heavy atom. The van der Waals surface area contributed by atoms with Gasteiger partial charge in [0.2, 0.25) is 12.3 Å². The van der Waals surface area contributed by atoms with Crippen molar-refractivity contribution in [2.24, 2.45) is 0 Å². The zero-order valence-electron chi connectivity index (χ0n) is 8.31. The smallest absolute Gasteiger partial charge is 0.417 e. The van der Waals surface area contributed by atoms with Crippen LogP contribution in [0.4, 0.5) is 13.2 Å². The number of hydrogen-bond acceptors (Lipinski definition) is 5. The number of alkyl halides is 3. The summed E-state index contributed by atoms with van der Waals surface area (Å²) in [5.41, 5.74) is -0.831. The summed E-state index contributed by atoms with van der Waals surface area (Å²) >= 11 is 0. The highest BCUT2D eigenvalue weighted by Gasteiger charge is 2.30. The fraction of sp³-hybridized carbons (Fsp3) is 0.222. The summed E-state index contributed by atoms with van der Waals surface area (Å²) < 4.78 is 46.5. The average Bonchev–Trinajstić information content (AvgIpc) is 2.78. The molecule has 0 spiro atoms. The molecule has 2 aromatic rings. The largest absolute Gasteiger partial charge is 0.468 e. The van der Waals surface area contributed by atoms with Crippen molar-refractivity contribution in [2.75, 3.05) is 0 Å². The van der Waals surface area contributed by atoms with Crippen LogP contribution in [0.2, 0.25) is 0 Å². The molecule has 0 aliphatic heterocycles. The summed E-state index contributed by atoms with van der Waals surface area (Å²) in [4.78, 5) is 3.51. The number of ether oxygens (including phenoxy) is 1. The first-order valence-electron chi connectivity index (χ1n) is 4.47. The molecule has 2 heterocycles. The van der Waals surface area contributed by atoms with Gasteiger partial charge in [-0.05, 0) is 6.07 Å². The van der Waals surface area contributed by atoms with Crippen molar-refractivity contribution in [3.05, 3.63) is 36.2 Å². The Morgan fingerprint density at radius 2 is 2.12 bits per heavy atom. The maximum atomic E-state index is 12.2. The molecule has 0 atom stereocenters. The monoisotopic (exact) mass is 245 g/mol. The number of halogens is 3. The molecule has 8 heteroatoms. The van der Waals surface area contributed by atoms with Crippen LogP contribution in [0.15, 0.2) is 29.1 Å². The van der Waals surface area contributed by atoms with E-state index in [1.54, 1.807) is 0 Å². The van der Waals surface area contributed by atoms with Gasteiger partial charge < -0.3 is 9.15 Å². The van der Waals surface area contributed by atoms with Gasteiger partial charge in [-0.25, -0.2) is 4.98 Å². The zero-order valence-corrected chi connectivity index (χ0v) is 8.31. The highest BCUT2D eigenvalue weighted by atomic mass is 19.4. The van der Waals surface area contributed by atoms with E-state index in [-0.39, 0.29) is 18.4 Å². The van der Waals surface area contributed by atoms with E-state index in [1.807, 2.05) is 0 Å². The molecular weight excluding hydrogens is 239 g/mol. The number of pyridine rings is 1. The summed E-state index contributed by atoms with van der Waals surface area (Å²) in [6.45, 7) is -0.0433. The average molecular weight is 245 g/mol. The van der Waals surface area contributed by atoms with Gasteiger partial charge in [0.05, 0.1) is 5.56 Å². The minimum Gasteiger partial charge on any atom is -0.468 e. The van der Waals surface area contributed by atoms with E-state index in [9.17, 15) is 13.2 Å². The second-order valence-corrected chi connectivity index (χ2v) is 3.00. The zero-order chi connectivity index (χ0) is 12.3. The maximum Gasteiger partial charge on any atom is 0.417 e. The van der Waals surface area contributed by atoms with Crippen molar-refractivity contribution < 1.29 is 22.3 Å². The Bertz CT molecular complexity index is 467. The van der Waals surface area contributed by atoms with Crippen LogP contribution in [0, 0.1) is 0 Å². The molecule has 0 saturated carbocycles. The molecular formula is C9H6F3N3O2. The normalized spacial score (nSPS) is 11.5. The highest BCUT2D eigenvalue weighted by Crippen LogP contribution is 2.29. The fourth-order valence-electron chi connectivity index (χ4n) is 1.03. The lowest BCUT2D eigenvalue weighted by Crippen LogP contribution is -2.06. The molecule has 0 bridgehead atoms. The van der Waals surface area contributed by atoms with E-state index in [4.69, 9.17) is 9.15 Å². The first-order chi connectivity index (χ1) is 8.05. The number of nitrogens with zero attached hydrogens (tertiary/aromatic N) is 3. The van der Waals surface area contributed by atoms with Crippen molar-refractivity contribution in [1.82, 2.24) is 15.2 Å². The highest BCUT2D eigenvalue weighted by molar-refractivity contribution is 5.20. The van der Waals surface area contributed by atoms with Crippen molar-refractivity contribution in [3.63, 3.8) is 0 Å². The number of hydrogen-bond donors (Lipinski definition) is 0. The summed E-state index contributed by atoms with van der Waals surface area (Å²) in [6.07, 6.45) is -2.58. The van der Waals surface area contributed by atoms with Gasteiger partial charge in [-0.3, -0.25) is 0 Å². The third kappa shape index (κ3) is 2.92. The molecule has 5 nitrogen and oxygen atoms in total. The molecule has 0 amide bonds. The van der Waals surface area contributed by atoms with Gasteiger partial charge in [0, 0.05) is 12.3 Å². The molecule has 0 radical (unpaired) electrons. The second kappa shape index (κ2) is 4.40. The maximum absolute atomic E-state index is 12.2. The molecule has 0 aliphatic carbocycles. The molecule has 0 N–H and O–H groups in total. The lowest BCUT2D eigenvalue weighted by atomic mass is 10.3. The third-order valence-electron chi connectivity index (χ3n) is 1.81. The Morgan fingerprint density at radius 3 is 2.65 bits per heavy atom. The van der Waals surface area contributed by atoms with Crippen molar-refractivity contribution in [3.8, 4) is 5.88 Å². The minimum absolute atomic E-state index is 0.0433. The Labute approximate surface area is 93.3 Å².